The van der Waals surface area contributed by atoms with E-state index >= 15 is 0 Å². The van der Waals surface area contributed by atoms with E-state index in [2.05, 4.69) is 10.3 Å². The van der Waals surface area contributed by atoms with Crippen molar-refractivity contribution in [2.75, 3.05) is 0 Å². The van der Waals surface area contributed by atoms with Gasteiger partial charge in [0.1, 0.15) is 5.54 Å². The van der Waals surface area contributed by atoms with Crippen LogP contribution in [-0.2, 0) is 16.9 Å². The summed E-state index contributed by atoms with van der Waals surface area (Å²) >= 11 is 0. The molecule has 0 aliphatic carbocycles. The summed E-state index contributed by atoms with van der Waals surface area (Å²) in [5.41, 5.74) is 0.612. The number of pyridine rings is 1. The Kier molecular flexibility index (Phi) is 3.17. The van der Waals surface area contributed by atoms with Crippen LogP contribution in [0.5, 0.6) is 0 Å². The lowest BCUT2D eigenvalue weighted by molar-refractivity contribution is -0.131. The van der Waals surface area contributed by atoms with Crippen molar-refractivity contribution in [3.63, 3.8) is 0 Å². The van der Waals surface area contributed by atoms with Crippen molar-refractivity contribution in [3.8, 4) is 0 Å². The zero-order valence-electron chi connectivity index (χ0n) is 11.6. The van der Waals surface area contributed by atoms with E-state index in [1.165, 1.54) is 4.90 Å². The standard InChI is InChI=1S/C16H15N3O2/c1-16(13-7-9-17-10-8-13)14(20)19(15(21)18-16)11-12-5-3-2-4-6-12/h2-10H,11H2,1H3,(H,18,21)/t16-/m1/s1. The van der Waals surface area contributed by atoms with E-state index in [0.29, 0.717) is 0 Å². The van der Waals surface area contributed by atoms with Gasteiger partial charge in [-0.15, -0.1) is 0 Å². The second-order valence-corrected chi connectivity index (χ2v) is 5.17. The number of hydrogen-bond acceptors (Lipinski definition) is 3. The smallest absolute Gasteiger partial charge is 0.319 e. The van der Waals surface area contributed by atoms with Gasteiger partial charge < -0.3 is 5.32 Å². The maximum Gasteiger partial charge on any atom is 0.325 e. The first-order valence-corrected chi connectivity index (χ1v) is 6.70. The molecule has 2 heterocycles. The Morgan fingerprint density at radius 3 is 2.43 bits per heavy atom. The van der Waals surface area contributed by atoms with Crippen LogP contribution in [-0.4, -0.2) is 21.8 Å². The Hall–Kier alpha value is -2.69. The minimum absolute atomic E-state index is 0.248. The van der Waals surface area contributed by atoms with Gasteiger partial charge in [-0.05, 0) is 30.2 Å². The number of benzene rings is 1. The monoisotopic (exact) mass is 281 g/mol. The van der Waals surface area contributed by atoms with Crippen LogP contribution in [0, 0.1) is 0 Å². The summed E-state index contributed by atoms with van der Waals surface area (Å²) in [6.07, 6.45) is 3.22. The second kappa shape index (κ2) is 5.01. The Balaban J connectivity index is 1.89. The van der Waals surface area contributed by atoms with Crippen LogP contribution in [0.2, 0.25) is 0 Å². The van der Waals surface area contributed by atoms with Crippen molar-refractivity contribution in [3.05, 3.63) is 66.0 Å². The topological polar surface area (TPSA) is 62.3 Å². The van der Waals surface area contributed by atoms with E-state index in [4.69, 9.17) is 0 Å². The summed E-state index contributed by atoms with van der Waals surface area (Å²) < 4.78 is 0. The third-order valence-corrected chi connectivity index (χ3v) is 3.72. The molecule has 3 amide bonds. The number of urea groups is 1. The molecule has 1 N–H and O–H groups in total. The lowest BCUT2D eigenvalue weighted by Gasteiger charge is -2.22. The van der Waals surface area contributed by atoms with Crippen molar-refractivity contribution in [1.82, 2.24) is 15.2 Å². The summed E-state index contributed by atoms with van der Waals surface area (Å²) in [5, 5.41) is 2.78. The van der Waals surface area contributed by atoms with Gasteiger partial charge in [0, 0.05) is 12.4 Å². The van der Waals surface area contributed by atoms with E-state index in [9.17, 15) is 9.59 Å². The van der Waals surface area contributed by atoms with E-state index in [0.717, 1.165) is 11.1 Å². The summed E-state index contributed by atoms with van der Waals surface area (Å²) in [6.45, 7) is 1.99. The Morgan fingerprint density at radius 2 is 1.76 bits per heavy atom. The fourth-order valence-electron chi connectivity index (χ4n) is 2.49. The normalized spacial score (nSPS) is 21.5. The molecule has 0 spiro atoms. The molecule has 2 aromatic rings. The molecule has 0 bridgehead atoms. The highest BCUT2D eigenvalue weighted by Crippen LogP contribution is 2.29. The first kappa shape index (κ1) is 13.3. The average Bonchev–Trinajstić information content (AvgIpc) is 2.74. The Labute approximate surface area is 122 Å². The van der Waals surface area contributed by atoms with Crippen LogP contribution >= 0.6 is 0 Å². The highest BCUT2D eigenvalue weighted by molar-refractivity contribution is 6.07. The summed E-state index contributed by atoms with van der Waals surface area (Å²) in [6, 6.07) is 12.6. The summed E-state index contributed by atoms with van der Waals surface area (Å²) in [4.78, 5) is 30.0. The van der Waals surface area contributed by atoms with Crippen LogP contribution < -0.4 is 5.32 Å². The SMILES string of the molecule is C[C@]1(c2ccncc2)NC(=O)N(Cc2ccccc2)C1=O. The molecule has 1 fully saturated rings. The zero-order chi connectivity index (χ0) is 14.9. The molecule has 1 atom stereocenters. The molecule has 21 heavy (non-hydrogen) atoms. The van der Waals surface area contributed by atoms with Gasteiger partial charge in [-0.25, -0.2) is 4.79 Å². The molecular formula is C16H15N3O2. The molecule has 106 valence electrons. The number of carbonyl (C=O) groups excluding carboxylic acids is 2. The maximum absolute atomic E-state index is 12.7. The average molecular weight is 281 g/mol. The number of amides is 3. The van der Waals surface area contributed by atoms with Crippen molar-refractivity contribution < 1.29 is 9.59 Å². The van der Waals surface area contributed by atoms with Gasteiger partial charge in [-0.3, -0.25) is 14.7 Å². The van der Waals surface area contributed by atoms with Gasteiger partial charge in [0.15, 0.2) is 0 Å². The van der Waals surface area contributed by atoms with Crippen molar-refractivity contribution in [2.45, 2.75) is 19.0 Å². The Bertz CT molecular complexity index is 672. The van der Waals surface area contributed by atoms with Crippen molar-refractivity contribution in [2.24, 2.45) is 0 Å². The van der Waals surface area contributed by atoms with Crippen molar-refractivity contribution in [1.29, 1.82) is 0 Å². The molecule has 5 nitrogen and oxygen atoms in total. The van der Waals surface area contributed by atoms with E-state index in [1.807, 2.05) is 30.3 Å². The lowest BCUT2D eigenvalue weighted by Crippen LogP contribution is -2.40. The number of hydrogen-bond donors (Lipinski definition) is 1. The van der Waals surface area contributed by atoms with Gasteiger partial charge >= 0.3 is 6.03 Å². The van der Waals surface area contributed by atoms with Crippen LogP contribution in [0.25, 0.3) is 0 Å². The molecule has 1 aromatic carbocycles. The van der Waals surface area contributed by atoms with E-state index in [-0.39, 0.29) is 18.5 Å². The minimum Gasteiger partial charge on any atom is -0.319 e. The summed E-state index contributed by atoms with van der Waals surface area (Å²) in [7, 11) is 0. The van der Waals surface area contributed by atoms with Gasteiger partial charge in [0.2, 0.25) is 0 Å². The molecule has 1 saturated heterocycles. The predicted octanol–water partition coefficient (Wildman–Crippen LogP) is 2.05. The first-order valence-electron chi connectivity index (χ1n) is 6.70. The lowest BCUT2D eigenvalue weighted by atomic mass is 9.93. The number of nitrogens with one attached hydrogen (secondary N) is 1. The fraction of sp³-hybridized carbons (Fsp3) is 0.188. The molecular weight excluding hydrogens is 266 g/mol. The third-order valence-electron chi connectivity index (χ3n) is 3.72. The van der Waals surface area contributed by atoms with Gasteiger partial charge in [0.25, 0.3) is 5.91 Å². The molecule has 0 radical (unpaired) electrons. The number of imide groups is 1. The highest BCUT2D eigenvalue weighted by Gasteiger charge is 2.48. The third kappa shape index (κ3) is 2.27. The van der Waals surface area contributed by atoms with Gasteiger partial charge in [-0.1, -0.05) is 30.3 Å². The highest BCUT2D eigenvalue weighted by atomic mass is 16.2. The number of nitrogens with zero attached hydrogens (tertiary/aromatic N) is 2. The van der Waals surface area contributed by atoms with Gasteiger partial charge in [-0.2, -0.15) is 0 Å². The zero-order valence-corrected chi connectivity index (χ0v) is 11.6. The molecule has 0 unspecified atom stereocenters. The Morgan fingerprint density at radius 1 is 1.10 bits per heavy atom. The van der Waals surface area contributed by atoms with Crippen LogP contribution in [0.15, 0.2) is 54.9 Å². The van der Waals surface area contributed by atoms with Crippen LogP contribution in [0.1, 0.15) is 18.1 Å². The van der Waals surface area contributed by atoms with E-state index < -0.39 is 5.54 Å². The van der Waals surface area contributed by atoms with Crippen molar-refractivity contribution >= 4 is 11.9 Å². The molecule has 5 heteroatoms. The largest absolute Gasteiger partial charge is 0.325 e. The molecule has 1 aliphatic rings. The van der Waals surface area contributed by atoms with Gasteiger partial charge in [0.05, 0.1) is 6.54 Å². The molecule has 3 rings (SSSR count). The van der Waals surface area contributed by atoms with E-state index in [1.54, 1.807) is 31.5 Å². The maximum atomic E-state index is 12.7. The van der Waals surface area contributed by atoms with Crippen LogP contribution in [0.4, 0.5) is 4.79 Å². The number of carbonyl (C=O) groups is 2. The molecule has 0 saturated carbocycles. The minimum atomic E-state index is -1.03. The fourth-order valence-corrected chi connectivity index (χ4v) is 2.49. The molecule has 1 aromatic heterocycles. The molecule has 1 aliphatic heterocycles. The quantitative estimate of drug-likeness (QED) is 0.876. The second-order valence-electron chi connectivity index (χ2n) is 5.17. The van der Waals surface area contributed by atoms with Crippen LogP contribution in [0.3, 0.4) is 0 Å². The number of aromatic nitrogens is 1. The number of rotatable bonds is 3. The summed E-state index contributed by atoms with van der Waals surface area (Å²) in [5.74, 6) is -0.248. The predicted molar refractivity (Wildman–Crippen MR) is 77.1 cm³/mol. The first-order chi connectivity index (χ1) is 10.1.